The fourth-order valence-electron chi connectivity index (χ4n) is 0.267. The van der Waals surface area contributed by atoms with Crippen molar-refractivity contribution in [1.82, 2.24) is 4.90 Å². The van der Waals surface area contributed by atoms with Gasteiger partial charge >= 0.3 is 0 Å². The van der Waals surface area contributed by atoms with Crippen LogP contribution < -0.4 is 5.73 Å². The topological polar surface area (TPSA) is 58.7 Å². The summed E-state index contributed by atoms with van der Waals surface area (Å²) >= 11 is 0. The maximum absolute atomic E-state index is 8.22. The van der Waals surface area contributed by atoms with Crippen LogP contribution in [0.4, 0.5) is 0 Å². The average Bonchev–Trinajstić information content (AvgIpc) is 1.87. The third-order valence-electron chi connectivity index (χ3n) is 0.561. The molecule has 70 valence electrons. The lowest BCUT2D eigenvalue weighted by atomic mass is 10.6. The molecule has 11 heavy (non-hydrogen) atoms. The number of rotatable bonds is 3. The van der Waals surface area contributed by atoms with Gasteiger partial charge in [-0.25, -0.2) is 0 Å². The van der Waals surface area contributed by atoms with E-state index in [1.54, 1.807) is 0 Å². The molecule has 0 amide bonds. The van der Waals surface area contributed by atoms with Crippen molar-refractivity contribution >= 4 is 0 Å². The van der Waals surface area contributed by atoms with E-state index in [1.165, 1.54) is 0 Å². The van der Waals surface area contributed by atoms with E-state index >= 15 is 0 Å². The van der Waals surface area contributed by atoms with Gasteiger partial charge in [0.15, 0.2) is 0 Å². The average molecular weight is 164 g/mol. The molecular formula is C7H20N2O2. The predicted molar refractivity (Wildman–Crippen MR) is 46.3 cm³/mol. The summed E-state index contributed by atoms with van der Waals surface area (Å²) in [6, 6.07) is 0. The van der Waals surface area contributed by atoms with Gasteiger partial charge in [0.2, 0.25) is 0 Å². The quantitative estimate of drug-likeness (QED) is 0.551. The first-order valence-corrected chi connectivity index (χ1v) is 3.63. The molecule has 0 aromatic heterocycles. The zero-order valence-electron chi connectivity index (χ0n) is 7.87. The molecule has 0 heterocycles. The highest BCUT2D eigenvalue weighted by molar-refractivity contribution is 4.38. The molecule has 0 saturated heterocycles. The van der Waals surface area contributed by atoms with E-state index in [4.69, 9.17) is 15.6 Å². The van der Waals surface area contributed by atoms with Crippen molar-refractivity contribution in [3.05, 3.63) is 0 Å². The summed E-state index contributed by atoms with van der Waals surface area (Å²) in [5, 5.41) is 8.22. The van der Waals surface area contributed by atoms with Crippen LogP contribution in [0.3, 0.4) is 0 Å². The Morgan fingerprint density at radius 3 is 1.91 bits per heavy atom. The Morgan fingerprint density at radius 2 is 1.82 bits per heavy atom. The number of nitrogens with two attached hydrogens (primary N) is 1. The SMILES string of the molecule is CCOC(N)CO.CN(C)C. The second-order valence-electron chi connectivity index (χ2n) is 2.52. The van der Waals surface area contributed by atoms with Crippen molar-refractivity contribution in [1.29, 1.82) is 0 Å². The summed E-state index contributed by atoms with van der Waals surface area (Å²) < 4.78 is 4.72. The van der Waals surface area contributed by atoms with Crippen LogP contribution in [0.5, 0.6) is 0 Å². The van der Waals surface area contributed by atoms with E-state index in [-0.39, 0.29) is 6.61 Å². The van der Waals surface area contributed by atoms with Gasteiger partial charge in [0.25, 0.3) is 0 Å². The first kappa shape index (κ1) is 13.4. The van der Waals surface area contributed by atoms with E-state index in [0.29, 0.717) is 6.61 Å². The van der Waals surface area contributed by atoms with Crippen LogP contribution in [0, 0.1) is 0 Å². The van der Waals surface area contributed by atoms with Gasteiger partial charge in [0.05, 0.1) is 6.61 Å². The van der Waals surface area contributed by atoms with Crippen LogP contribution >= 0.6 is 0 Å². The number of ether oxygens (including phenoxy) is 1. The Hall–Kier alpha value is -0.160. The van der Waals surface area contributed by atoms with E-state index in [9.17, 15) is 0 Å². The Labute approximate surface area is 68.9 Å². The second kappa shape index (κ2) is 9.84. The lowest BCUT2D eigenvalue weighted by Crippen LogP contribution is -2.27. The van der Waals surface area contributed by atoms with Crippen molar-refractivity contribution in [2.24, 2.45) is 5.73 Å². The highest BCUT2D eigenvalue weighted by Gasteiger charge is 1.93. The Kier molecular flexibility index (Phi) is 12.0. The van der Waals surface area contributed by atoms with Crippen molar-refractivity contribution in [2.75, 3.05) is 34.4 Å². The van der Waals surface area contributed by atoms with Gasteiger partial charge in [0.1, 0.15) is 6.23 Å². The van der Waals surface area contributed by atoms with Crippen LogP contribution in [0.15, 0.2) is 0 Å². The van der Waals surface area contributed by atoms with Gasteiger partial charge in [-0.1, -0.05) is 0 Å². The molecule has 0 aliphatic heterocycles. The molecule has 0 radical (unpaired) electrons. The molecule has 0 aromatic rings. The minimum atomic E-state index is -0.495. The molecule has 0 fully saturated rings. The molecule has 0 rings (SSSR count). The monoisotopic (exact) mass is 164 g/mol. The van der Waals surface area contributed by atoms with Gasteiger partial charge in [-0.05, 0) is 28.1 Å². The highest BCUT2D eigenvalue weighted by atomic mass is 16.5. The molecule has 4 nitrogen and oxygen atoms in total. The summed E-state index contributed by atoms with van der Waals surface area (Å²) in [5.74, 6) is 0. The van der Waals surface area contributed by atoms with Gasteiger partial charge in [-0.3, -0.25) is 0 Å². The molecule has 0 spiro atoms. The normalized spacial score (nSPS) is 12.3. The molecule has 1 atom stereocenters. The smallest absolute Gasteiger partial charge is 0.128 e. The number of hydrogen-bond donors (Lipinski definition) is 2. The van der Waals surface area contributed by atoms with Gasteiger partial charge < -0.3 is 20.5 Å². The Bertz CT molecular complexity index is 66.7. The van der Waals surface area contributed by atoms with E-state index in [0.717, 1.165) is 0 Å². The molecule has 0 aliphatic rings. The molecule has 0 bridgehead atoms. The van der Waals surface area contributed by atoms with E-state index in [1.807, 2.05) is 33.0 Å². The molecule has 0 aliphatic carbocycles. The number of hydrogen-bond acceptors (Lipinski definition) is 4. The van der Waals surface area contributed by atoms with Crippen LogP contribution in [-0.4, -0.2) is 50.6 Å². The standard InChI is InChI=1S/C4H11NO2.C3H9N/c1-2-7-4(5)3-6;1-4(2)3/h4,6H,2-3,5H2,1H3;1-3H3. The summed E-state index contributed by atoms with van der Waals surface area (Å²) in [7, 11) is 6.00. The third kappa shape index (κ3) is 25.8. The van der Waals surface area contributed by atoms with Crippen molar-refractivity contribution in [3.63, 3.8) is 0 Å². The molecule has 4 heteroatoms. The van der Waals surface area contributed by atoms with Gasteiger partial charge in [-0.2, -0.15) is 0 Å². The Morgan fingerprint density at radius 1 is 1.45 bits per heavy atom. The zero-order valence-corrected chi connectivity index (χ0v) is 7.87. The van der Waals surface area contributed by atoms with Crippen molar-refractivity contribution in [3.8, 4) is 0 Å². The van der Waals surface area contributed by atoms with Crippen LogP contribution in [0.1, 0.15) is 6.92 Å². The van der Waals surface area contributed by atoms with Crippen molar-refractivity contribution in [2.45, 2.75) is 13.2 Å². The van der Waals surface area contributed by atoms with Gasteiger partial charge in [0, 0.05) is 6.61 Å². The Balaban J connectivity index is 0. The summed E-state index contributed by atoms with van der Waals surface area (Å²) in [4.78, 5) is 2.00. The predicted octanol–water partition coefficient (Wildman–Crippen LogP) is -0.522. The summed E-state index contributed by atoms with van der Waals surface area (Å²) in [5.41, 5.74) is 5.11. The number of aliphatic hydroxyl groups excluding tert-OH is 1. The molecular weight excluding hydrogens is 144 g/mol. The number of nitrogens with zero attached hydrogens (tertiary/aromatic N) is 1. The molecule has 0 saturated carbocycles. The molecule has 1 unspecified atom stereocenters. The largest absolute Gasteiger partial charge is 0.392 e. The lowest BCUT2D eigenvalue weighted by Gasteiger charge is -2.05. The lowest BCUT2D eigenvalue weighted by molar-refractivity contribution is 0.0246. The van der Waals surface area contributed by atoms with Crippen LogP contribution in [0.2, 0.25) is 0 Å². The van der Waals surface area contributed by atoms with E-state index < -0.39 is 6.23 Å². The van der Waals surface area contributed by atoms with E-state index in [2.05, 4.69) is 0 Å². The van der Waals surface area contributed by atoms with Gasteiger partial charge in [-0.15, -0.1) is 0 Å². The second-order valence-corrected chi connectivity index (χ2v) is 2.52. The number of aliphatic hydroxyl groups is 1. The molecule has 3 N–H and O–H groups in total. The maximum atomic E-state index is 8.22. The third-order valence-corrected chi connectivity index (χ3v) is 0.561. The molecule has 0 aromatic carbocycles. The highest BCUT2D eigenvalue weighted by Crippen LogP contribution is 1.76. The minimum absolute atomic E-state index is 0.103. The van der Waals surface area contributed by atoms with Crippen LogP contribution in [0.25, 0.3) is 0 Å². The first-order chi connectivity index (χ1) is 5.04. The fraction of sp³-hybridized carbons (Fsp3) is 1.00. The summed E-state index contributed by atoms with van der Waals surface area (Å²) in [6.07, 6.45) is -0.495. The van der Waals surface area contributed by atoms with Crippen LogP contribution in [-0.2, 0) is 4.74 Å². The minimum Gasteiger partial charge on any atom is -0.392 e. The first-order valence-electron chi connectivity index (χ1n) is 3.63. The zero-order chi connectivity index (χ0) is 9.28. The summed E-state index contributed by atoms with van der Waals surface area (Å²) in [6.45, 7) is 2.28. The maximum Gasteiger partial charge on any atom is 0.128 e. The fourth-order valence-corrected chi connectivity index (χ4v) is 0.267. The van der Waals surface area contributed by atoms with Crippen molar-refractivity contribution < 1.29 is 9.84 Å².